The highest BCUT2D eigenvalue weighted by atomic mass is 16.5. The van der Waals surface area contributed by atoms with Crippen LogP contribution in [0.15, 0.2) is 16.5 Å². The lowest BCUT2D eigenvalue weighted by atomic mass is 10.1. The van der Waals surface area contributed by atoms with Crippen LogP contribution in [-0.2, 0) is 4.74 Å². The second kappa shape index (κ2) is 4.85. The number of ether oxygens (including phenoxy) is 1. The van der Waals surface area contributed by atoms with Crippen molar-refractivity contribution in [3.05, 3.63) is 29.2 Å². The summed E-state index contributed by atoms with van der Waals surface area (Å²) in [4.78, 5) is 4.44. The molecule has 0 aliphatic rings. The highest BCUT2D eigenvalue weighted by Gasteiger charge is 2.15. The van der Waals surface area contributed by atoms with Crippen LogP contribution in [0.5, 0.6) is 0 Å². The number of methoxy groups -OCH3 is 1. The lowest BCUT2D eigenvalue weighted by molar-refractivity contribution is 0.184. The Balaban J connectivity index is 2.34. The standard InChI is InChI=1S/C13H18N2O2/c1-8-6-9(2)12-11(7-8)15-13(17-12)10(14)4-5-16-3/h6-7,10H,4-5,14H2,1-3H3. The molecule has 4 heteroatoms. The van der Waals surface area contributed by atoms with E-state index in [0.717, 1.165) is 16.7 Å². The van der Waals surface area contributed by atoms with Crippen LogP contribution in [0.4, 0.5) is 0 Å². The topological polar surface area (TPSA) is 61.3 Å². The number of aromatic nitrogens is 1. The largest absolute Gasteiger partial charge is 0.439 e. The maximum atomic E-state index is 6.00. The van der Waals surface area contributed by atoms with Gasteiger partial charge in [-0.25, -0.2) is 4.98 Å². The molecule has 17 heavy (non-hydrogen) atoms. The molecule has 0 aliphatic carbocycles. The minimum atomic E-state index is -0.206. The minimum absolute atomic E-state index is 0.206. The van der Waals surface area contributed by atoms with E-state index in [1.807, 2.05) is 19.9 Å². The molecule has 0 aliphatic heterocycles. The summed E-state index contributed by atoms with van der Waals surface area (Å²) in [5.74, 6) is 0.589. The maximum Gasteiger partial charge on any atom is 0.212 e. The van der Waals surface area contributed by atoms with Crippen molar-refractivity contribution in [2.75, 3.05) is 13.7 Å². The molecule has 1 unspecified atom stereocenters. The van der Waals surface area contributed by atoms with Crippen molar-refractivity contribution in [3.8, 4) is 0 Å². The summed E-state index contributed by atoms with van der Waals surface area (Å²) >= 11 is 0. The molecule has 1 heterocycles. The van der Waals surface area contributed by atoms with E-state index in [-0.39, 0.29) is 6.04 Å². The van der Waals surface area contributed by atoms with Crippen molar-refractivity contribution >= 4 is 11.1 Å². The Morgan fingerprint density at radius 3 is 2.88 bits per heavy atom. The zero-order chi connectivity index (χ0) is 12.4. The maximum absolute atomic E-state index is 6.00. The summed E-state index contributed by atoms with van der Waals surface area (Å²) in [5.41, 5.74) is 9.98. The number of benzene rings is 1. The van der Waals surface area contributed by atoms with Gasteiger partial charge in [-0.2, -0.15) is 0 Å². The molecule has 2 N–H and O–H groups in total. The molecule has 1 atom stereocenters. The second-order valence-electron chi connectivity index (χ2n) is 4.37. The Hall–Kier alpha value is -1.39. The van der Waals surface area contributed by atoms with E-state index in [1.54, 1.807) is 7.11 Å². The first-order valence-electron chi connectivity index (χ1n) is 5.74. The Labute approximate surface area is 101 Å². The molecule has 1 aromatic carbocycles. The van der Waals surface area contributed by atoms with Gasteiger partial charge in [0.05, 0.1) is 6.04 Å². The van der Waals surface area contributed by atoms with E-state index in [4.69, 9.17) is 14.9 Å². The molecular formula is C13H18N2O2. The zero-order valence-electron chi connectivity index (χ0n) is 10.5. The highest BCUT2D eigenvalue weighted by Crippen LogP contribution is 2.24. The van der Waals surface area contributed by atoms with Crippen molar-refractivity contribution in [1.29, 1.82) is 0 Å². The summed E-state index contributed by atoms with van der Waals surface area (Å²) in [6.07, 6.45) is 0.710. The number of hydrogen-bond donors (Lipinski definition) is 1. The van der Waals surface area contributed by atoms with Gasteiger partial charge >= 0.3 is 0 Å². The van der Waals surface area contributed by atoms with Gasteiger partial charge in [-0.1, -0.05) is 6.07 Å². The number of hydrogen-bond acceptors (Lipinski definition) is 4. The molecule has 0 bridgehead atoms. The normalized spacial score (nSPS) is 13.2. The van der Waals surface area contributed by atoms with Crippen LogP contribution in [0.2, 0.25) is 0 Å². The first-order valence-corrected chi connectivity index (χ1v) is 5.74. The van der Waals surface area contributed by atoms with Gasteiger partial charge in [0.1, 0.15) is 5.52 Å². The van der Waals surface area contributed by atoms with Gasteiger partial charge in [0.2, 0.25) is 5.89 Å². The molecule has 0 amide bonds. The summed E-state index contributed by atoms with van der Waals surface area (Å²) < 4.78 is 10.7. The molecule has 0 saturated heterocycles. The van der Waals surface area contributed by atoms with Crippen molar-refractivity contribution < 1.29 is 9.15 Å². The fourth-order valence-corrected chi connectivity index (χ4v) is 1.92. The number of rotatable bonds is 4. The van der Waals surface area contributed by atoms with Gasteiger partial charge in [-0.15, -0.1) is 0 Å². The average molecular weight is 234 g/mol. The van der Waals surface area contributed by atoms with Gasteiger partial charge in [0, 0.05) is 13.7 Å². The molecule has 0 saturated carbocycles. The molecule has 0 spiro atoms. The van der Waals surface area contributed by atoms with Gasteiger partial charge in [0.25, 0.3) is 0 Å². The SMILES string of the molecule is COCCC(N)c1nc2cc(C)cc(C)c2o1. The summed E-state index contributed by atoms with van der Waals surface area (Å²) in [6, 6.07) is 3.89. The van der Waals surface area contributed by atoms with E-state index in [0.29, 0.717) is 18.9 Å². The van der Waals surface area contributed by atoms with Crippen LogP contribution in [0.25, 0.3) is 11.1 Å². The Morgan fingerprint density at radius 1 is 1.41 bits per heavy atom. The van der Waals surface area contributed by atoms with E-state index in [1.165, 1.54) is 5.56 Å². The molecule has 2 aromatic rings. The quantitative estimate of drug-likeness (QED) is 0.882. The number of oxazole rings is 1. The third-order valence-electron chi connectivity index (χ3n) is 2.79. The van der Waals surface area contributed by atoms with E-state index < -0.39 is 0 Å². The smallest absolute Gasteiger partial charge is 0.212 e. The average Bonchev–Trinajstić information content (AvgIpc) is 2.69. The summed E-state index contributed by atoms with van der Waals surface area (Å²) in [7, 11) is 1.66. The minimum Gasteiger partial charge on any atom is -0.439 e. The highest BCUT2D eigenvalue weighted by molar-refractivity contribution is 5.77. The van der Waals surface area contributed by atoms with Crippen LogP contribution in [-0.4, -0.2) is 18.7 Å². The van der Waals surface area contributed by atoms with E-state index in [9.17, 15) is 0 Å². The number of nitrogens with two attached hydrogens (primary N) is 1. The summed E-state index contributed by atoms with van der Waals surface area (Å²) in [5, 5.41) is 0. The number of nitrogens with zero attached hydrogens (tertiary/aromatic N) is 1. The molecule has 92 valence electrons. The van der Waals surface area contributed by atoms with Crippen molar-refractivity contribution in [2.45, 2.75) is 26.3 Å². The van der Waals surface area contributed by atoms with Crippen LogP contribution in [0.3, 0.4) is 0 Å². The van der Waals surface area contributed by atoms with Gasteiger partial charge < -0.3 is 14.9 Å². The van der Waals surface area contributed by atoms with Gasteiger partial charge in [-0.05, 0) is 37.5 Å². The third kappa shape index (κ3) is 2.48. The first-order chi connectivity index (χ1) is 8.11. The summed E-state index contributed by atoms with van der Waals surface area (Å²) in [6.45, 7) is 4.68. The molecule has 0 fully saturated rings. The fourth-order valence-electron chi connectivity index (χ4n) is 1.92. The lowest BCUT2D eigenvalue weighted by Gasteiger charge is -2.05. The van der Waals surface area contributed by atoms with Crippen LogP contribution >= 0.6 is 0 Å². The van der Waals surface area contributed by atoms with Crippen molar-refractivity contribution in [2.24, 2.45) is 5.73 Å². The second-order valence-corrected chi connectivity index (χ2v) is 4.37. The van der Waals surface area contributed by atoms with Crippen LogP contribution in [0.1, 0.15) is 29.5 Å². The molecular weight excluding hydrogens is 216 g/mol. The van der Waals surface area contributed by atoms with Gasteiger partial charge in [0.15, 0.2) is 5.58 Å². The zero-order valence-corrected chi connectivity index (χ0v) is 10.5. The number of aryl methyl sites for hydroxylation is 2. The van der Waals surface area contributed by atoms with Crippen molar-refractivity contribution in [3.63, 3.8) is 0 Å². The predicted molar refractivity (Wildman–Crippen MR) is 66.9 cm³/mol. The Morgan fingerprint density at radius 2 is 2.18 bits per heavy atom. The lowest BCUT2D eigenvalue weighted by Crippen LogP contribution is -2.12. The first kappa shape index (κ1) is 12.1. The Kier molecular flexibility index (Phi) is 3.45. The molecule has 1 aromatic heterocycles. The molecule has 0 radical (unpaired) electrons. The van der Waals surface area contributed by atoms with Crippen LogP contribution < -0.4 is 5.73 Å². The van der Waals surface area contributed by atoms with Gasteiger partial charge in [-0.3, -0.25) is 0 Å². The molecule has 2 rings (SSSR count). The predicted octanol–water partition coefficient (Wildman–Crippen LogP) is 2.48. The Bertz CT molecular complexity index is 519. The van der Waals surface area contributed by atoms with E-state index in [2.05, 4.69) is 11.1 Å². The van der Waals surface area contributed by atoms with Crippen LogP contribution in [0, 0.1) is 13.8 Å². The molecule has 4 nitrogen and oxygen atoms in total. The fraction of sp³-hybridized carbons (Fsp3) is 0.462. The van der Waals surface area contributed by atoms with Crippen molar-refractivity contribution in [1.82, 2.24) is 4.98 Å². The van der Waals surface area contributed by atoms with E-state index >= 15 is 0 Å². The number of fused-ring (bicyclic) bond motifs is 1. The monoisotopic (exact) mass is 234 g/mol. The third-order valence-corrected chi connectivity index (χ3v) is 2.79.